The second-order valence-corrected chi connectivity index (χ2v) is 5.38. The van der Waals surface area contributed by atoms with Crippen LogP contribution in [0.4, 0.5) is 4.39 Å². The van der Waals surface area contributed by atoms with E-state index in [4.69, 9.17) is 0 Å². The summed E-state index contributed by atoms with van der Waals surface area (Å²) in [7, 11) is 0. The normalized spacial score (nSPS) is 12.1. The number of carbonyl (C=O) groups is 1. The Morgan fingerprint density at radius 1 is 1.29 bits per heavy atom. The van der Waals surface area contributed by atoms with Crippen molar-refractivity contribution in [3.05, 3.63) is 35.6 Å². The van der Waals surface area contributed by atoms with E-state index in [1.165, 1.54) is 12.1 Å². The number of halogens is 2. The molecule has 0 aliphatic rings. The van der Waals surface area contributed by atoms with E-state index in [2.05, 4.69) is 20.9 Å². The van der Waals surface area contributed by atoms with Gasteiger partial charge < -0.3 is 16.0 Å². The first-order valence-electron chi connectivity index (χ1n) is 8.11. The minimum absolute atomic E-state index is 0. The van der Waals surface area contributed by atoms with E-state index >= 15 is 0 Å². The molecule has 0 heterocycles. The van der Waals surface area contributed by atoms with Crippen LogP contribution in [0.1, 0.15) is 39.2 Å². The standard InChI is InChI=1S/C17H27FN4O.HI/c1-4-13(3)22-16(23)9-10-20-17(19-5-2)21-12-14-7-6-8-15(18)11-14;/h6-8,11,13H,4-5,9-10,12H2,1-3H3,(H,22,23)(H2,19,20,21);1H. The molecule has 0 aliphatic carbocycles. The van der Waals surface area contributed by atoms with E-state index in [9.17, 15) is 9.18 Å². The quantitative estimate of drug-likeness (QED) is 0.324. The average molecular weight is 450 g/mol. The minimum atomic E-state index is -0.266. The van der Waals surface area contributed by atoms with Crippen molar-refractivity contribution in [3.8, 4) is 0 Å². The van der Waals surface area contributed by atoms with E-state index in [0.717, 1.165) is 12.0 Å². The predicted octanol–water partition coefficient (Wildman–Crippen LogP) is 2.80. The van der Waals surface area contributed by atoms with Gasteiger partial charge in [0.25, 0.3) is 0 Å². The monoisotopic (exact) mass is 450 g/mol. The molecule has 24 heavy (non-hydrogen) atoms. The Morgan fingerprint density at radius 2 is 2.04 bits per heavy atom. The smallest absolute Gasteiger partial charge is 0.221 e. The number of rotatable bonds is 8. The zero-order valence-corrected chi connectivity index (χ0v) is 16.9. The molecule has 1 amide bonds. The van der Waals surface area contributed by atoms with Gasteiger partial charge in [-0.3, -0.25) is 4.79 Å². The zero-order valence-electron chi connectivity index (χ0n) is 14.6. The highest BCUT2D eigenvalue weighted by Gasteiger charge is 2.05. The maximum absolute atomic E-state index is 13.1. The Labute approximate surface area is 160 Å². The number of amides is 1. The molecule has 0 saturated heterocycles. The number of guanidine groups is 1. The average Bonchev–Trinajstić information content (AvgIpc) is 2.52. The molecule has 0 aliphatic heterocycles. The summed E-state index contributed by atoms with van der Waals surface area (Å²) in [5.74, 6) is 0.373. The number of benzene rings is 1. The second kappa shape index (κ2) is 13.0. The number of carbonyl (C=O) groups excluding carboxylic acids is 1. The van der Waals surface area contributed by atoms with Gasteiger partial charge in [-0.25, -0.2) is 9.38 Å². The summed E-state index contributed by atoms with van der Waals surface area (Å²) in [6.45, 7) is 7.58. The molecular formula is C17H28FIN4O. The largest absolute Gasteiger partial charge is 0.357 e. The molecule has 1 atom stereocenters. The lowest BCUT2D eigenvalue weighted by Crippen LogP contribution is -2.40. The fourth-order valence-electron chi connectivity index (χ4n) is 1.89. The molecule has 1 rings (SSSR count). The molecule has 7 heteroatoms. The van der Waals surface area contributed by atoms with Crippen LogP contribution < -0.4 is 16.0 Å². The van der Waals surface area contributed by atoms with Crippen LogP contribution in [-0.2, 0) is 11.3 Å². The summed E-state index contributed by atoms with van der Waals surface area (Å²) < 4.78 is 13.1. The molecule has 0 radical (unpaired) electrons. The van der Waals surface area contributed by atoms with Crippen molar-refractivity contribution in [2.24, 2.45) is 4.99 Å². The molecule has 0 fully saturated rings. The summed E-state index contributed by atoms with van der Waals surface area (Å²) >= 11 is 0. The van der Waals surface area contributed by atoms with Crippen LogP contribution in [-0.4, -0.2) is 31.0 Å². The van der Waals surface area contributed by atoms with Crippen molar-refractivity contribution in [2.75, 3.05) is 13.1 Å². The summed E-state index contributed by atoms with van der Waals surface area (Å²) in [6, 6.07) is 6.56. The molecule has 0 bridgehead atoms. The molecule has 1 aromatic carbocycles. The van der Waals surface area contributed by atoms with Crippen LogP contribution in [0.3, 0.4) is 0 Å². The number of hydrogen-bond acceptors (Lipinski definition) is 2. The Balaban J connectivity index is 0.00000529. The van der Waals surface area contributed by atoms with Gasteiger partial charge in [0.2, 0.25) is 5.91 Å². The van der Waals surface area contributed by atoms with Crippen molar-refractivity contribution in [2.45, 2.75) is 46.2 Å². The molecule has 0 spiro atoms. The van der Waals surface area contributed by atoms with E-state index in [0.29, 0.717) is 32.0 Å². The van der Waals surface area contributed by atoms with Crippen molar-refractivity contribution >= 4 is 35.8 Å². The first-order valence-corrected chi connectivity index (χ1v) is 8.11. The number of nitrogens with one attached hydrogen (secondary N) is 3. The molecule has 5 nitrogen and oxygen atoms in total. The van der Waals surface area contributed by atoms with Crippen molar-refractivity contribution < 1.29 is 9.18 Å². The van der Waals surface area contributed by atoms with Gasteiger partial charge in [-0.2, -0.15) is 0 Å². The lowest BCUT2D eigenvalue weighted by molar-refractivity contribution is -0.121. The molecular weight excluding hydrogens is 422 g/mol. The van der Waals surface area contributed by atoms with Crippen LogP contribution in [0, 0.1) is 5.82 Å². The van der Waals surface area contributed by atoms with Gasteiger partial charge in [0.05, 0.1) is 6.54 Å². The van der Waals surface area contributed by atoms with Crippen molar-refractivity contribution in [1.29, 1.82) is 0 Å². The van der Waals surface area contributed by atoms with Gasteiger partial charge >= 0.3 is 0 Å². The van der Waals surface area contributed by atoms with Gasteiger partial charge in [0.1, 0.15) is 5.82 Å². The zero-order chi connectivity index (χ0) is 17.1. The Kier molecular flexibility index (Phi) is 12.2. The molecule has 136 valence electrons. The molecule has 1 aromatic rings. The van der Waals surface area contributed by atoms with Crippen LogP contribution in [0.2, 0.25) is 0 Å². The number of hydrogen-bond donors (Lipinski definition) is 3. The number of aliphatic imine (C=N–C) groups is 1. The molecule has 3 N–H and O–H groups in total. The SMILES string of the molecule is CCNC(=NCc1cccc(F)c1)NCCC(=O)NC(C)CC.I. The Bertz CT molecular complexity index is 525. The fourth-order valence-corrected chi connectivity index (χ4v) is 1.89. The molecule has 1 unspecified atom stereocenters. The first kappa shape index (κ1) is 22.6. The van der Waals surface area contributed by atoms with Crippen molar-refractivity contribution in [1.82, 2.24) is 16.0 Å². The lowest BCUT2D eigenvalue weighted by atomic mass is 10.2. The number of nitrogens with zero attached hydrogens (tertiary/aromatic N) is 1. The third kappa shape index (κ3) is 9.69. The van der Waals surface area contributed by atoms with Gasteiger partial charge in [-0.1, -0.05) is 19.1 Å². The van der Waals surface area contributed by atoms with E-state index in [1.807, 2.05) is 26.8 Å². The highest BCUT2D eigenvalue weighted by atomic mass is 127. The van der Waals surface area contributed by atoms with E-state index < -0.39 is 0 Å². The summed E-state index contributed by atoms with van der Waals surface area (Å²) in [5, 5.41) is 9.14. The van der Waals surface area contributed by atoms with Crippen molar-refractivity contribution in [3.63, 3.8) is 0 Å². The van der Waals surface area contributed by atoms with E-state index in [-0.39, 0.29) is 41.7 Å². The lowest BCUT2D eigenvalue weighted by Gasteiger charge is -2.13. The highest BCUT2D eigenvalue weighted by molar-refractivity contribution is 14.0. The third-order valence-corrected chi connectivity index (χ3v) is 3.32. The molecule has 0 aromatic heterocycles. The van der Waals surface area contributed by atoms with Gasteiger partial charge in [0, 0.05) is 25.6 Å². The van der Waals surface area contributed by atoms with Crippen LogP contribution in [0.5, 0.6) is 0 Å². The first-order chi connectivity index (χ1) is 11.0. The second-order valence-electron chi connectivity index (χ2n) is 5.38. The maximum Gasteiger partial charge on any atom is 0.221 e. The summed E-state index contributed by atoms with van der Waals surface area (Å²) in [6.07, 6.45) is 1.30. The summed E-state index contributed by atoms with van der Waals surface area (Å²) in [5.41, 5.74) is 0.803. The van der Waals surface area contributed by atoms with Gasteiger partial charge in [-0.15, -0.1) is 24.0 Å². The Hall–Kier alpha value is -1.38. The van der Waals surface area contributed by atoms with E-state index in [1.54, 1.807) is 6.07 Å². The highest BCUT2D eigenvalue weighted by Crippen LogP contribution is 2.04. The fraction of sp³-hybridized carbons (Fsp3) is 0.529. The third-order valence-electron chi connectivity index (χ3n) is 3.32. The molecule has 0 saturated carbocycles. The topological polar surface area (TPSA) is 65.5 Å². The van der Waals surface area contributed by atoms with Crippen LogP contribution in [0.15, 0.2) is 29.3 Å². The van der Waals surface area contributed by atoms with Crippen LogP contribution in [0.25, 0.3) is 0 Å². The maximum atomic E-state index is 13.1. The minimum Gasteiger partial charge on any atom is -0.357 e. The van der Waals surface area contributed by atoms with Gasteiger partial charge in [0.15, 0.2) is 5.96 Å². The Morgan fingerprint density at radius 3 is 2.67 bits per heavy atom. The van der Waals surface area contributed by atoms with Crippen LogP contribution >= 0.6 is 24.0 Å². The van der Waals surface area contributed by atoms with Gasteiger partial charge in [-0.05, 0) is 38.0 Å². The predicted molar refractivity (Wildman–Crippen MR) is 107 cm³/mol. The summed E-state index contributed by atoms with van der Waals surface area (Å²) in [4.78, 5) is 16.1.